The number of β-amino-alcohol motifs (C(OH)–C–C–N with tert-alkyl or cyclic N) is 1. The quantitative estimate of drug-likeness (QED) is 0.771. The summed E-state index contributed by atoms with van der Waals surface area (Å²) < 4.78 is 5.43. The van der Waals surface area contributed by atoms with Crippen LogP contribution in [0, 0.1) is 0 Å². The third-order valence-electron chi connectivity index (χ3n) is 6.06. The van der Waals surface area contributed by atoms with Crippen molar-refractivity contribution in [2.75, 3.05) is 39.3 Å². The summed E-state index contributed by atoms with van der Waals surface area (Å²) in [7, 11) is 0. The Balaban J connectivity index is 1.27. The van der Waals surface area contributed by atoms with Gasteiger partial charge >= 0.3 is 6.09 Å². The highest BCUT2D eigenvalue weighted by Gasteiger charge is 2.39. The van der Waals surface area contributed by atoms with E-state index in [0.717, 1.165) is 43.0 Å². The lowest BCUT2D eigenvalue weighted by Gasteiger charge is -2.40. The number of likely N-dealkylation sites (tertiary alicyclic amines) is 1. The minimum absolute atomic E-state index is 0.0739. The Kier molecular flexibility index (Phi) is 6.80. The van der Waals surface area contributed by atoms with E-state index in [-0.39, 0.29) is 18.7 Å². The number of aliphatic hydroxyl groups is 1. The molecule has 2 fully saturated rings. The first kappa shape index (κ1) is 21.7. The fourth-order valence-electron chi connectivity index (χ4n) is 4.24. The van der Waals surface area contributed by atoms with E-state index in [1.54, 1.807) is 4.90 Å². The fraction of sp³-hybridized carbons (Fsp3) is 0.375. The van der Waals surface area contributed by atoms with Gasteiger partial charge in [0.05, 0.1) is 18.7 Å². The zero-order chi connectivity index (χ0) is 21.8. The first-order valence-corrected chi connectivity index (χ1v) is 11.0. The monoisotopic (exact) mass is 441 g/mol. The predicted octanol–water partition coefficient (Wildman–Crippen LogP) is 3.31. The van der Waals surface area contributed by atoms with Crippen LogP contribution in [0.15, 0.2) is 61.2 Å². The molecule has 2 aliphatic rings. The molecule has 0 bridgehead atoms. The van der Waals surface area contributed by atoms with E-state index in [2.05, 4.69) is 16.4 Å². The summed E-state index contributed by atoms with van der Waals surface area (Å²) >= 11 is 5.98. The molecule has 2 atom stereocenters. The van der Waals surface area contributed by atoms with Crippen molar-refractivity contribution < 1.29 is 14.6 Å². The van der Waals surface area contributed by atoms with E-state index in [1.165, 1.54) is 0 Å². The van der Waals surface area contributed by atoms with Gasteiger partial charge < -0.3 is 19.6 Å². The predicted molar refractivity (Wildman–Crippen MR) is 122 cm³/mol. The molecule has 0 radical (unpaired) electrons. The molecular weight excluding hydrogens is 414 g/mol. The minimum Gasteiger partial charge on any atom is -0.445 e. The molecule has 6 nitrogen and oxygen atoms in total. The number of benzene rings is 2. The number of aliphatic hydroxyl groups excluding tert-OH is 1. The number of piperazine rings is 1. The van der Waals surface area contributed by atoms with Crippen molar-refractivity contribution in [2.45, 2.75) is 18.8 Å². The van der Waals surface area contributed by atoms with Crippen LogP contribution in [0.4, 0.5) is 4.79 Å². The zero-order valence-electron chi connectivity index (χ0n) is 17.5. The molecule has 2 aromatic rings. The van der Waals surface area contributed by atoms with Crippen LogP contribution in [0.1, 0.15) is 11.1 Å². The summed E-state index contributed by atoms with van der Waals surface area (Å²) in [5.74, 6) is 0. The molecule has 164 valence electrons. The Hall–Kier alpha value is -2.54. The van der Waals surface area contributed by atoms with Crippen LogP contribution in [0.5, 0.6) is 0 Å². The number of halogens is 1. The van der Waals surface area contributed by atoms with Crippen LogP contribution in [0.25, 0.3) is 5.70 Å². The second-order valence-corrected chi connectivity index (χ2v) is 8.49. The SMILES string of the molecule is C=C(c1ccc(Cl)cc1)N1CCN([C@@H]2CN(C(=O)OCc3ccccc3)C[C@H]2O)CC1. The van der Waals surface area contributed by atoms with Gasteiger partial charge in [-0.25, -0.2) is 4.79 Å². The summed E-state index contributed by atoms with van der Waals surface area (Å²) in [4.78, 5) is 18.6. The van der Waals surface area contributed by atoms with Crippen LogP contribution in [0.3, 0.4) is 0 Å². The summed E-state index contributed by atoms with van der Waals surface area (Å²) in [6.45, 7) is 8.52. The lowest BCUT2D eigenvalue weighted by Crippen LogP contribution is -2.53. The molecule has 0 aromatic heterocycles. The maximum Gasteiger partial charge on any atom is 0.410 e. The Labute approximate surface area is 188 Å². The van der Waals surface area contributed by atoms with Gasteiger partial charge in [0.2, 0.25) is 0 Å². The zero-order valence-corrected chi connectivity index (χ0v) is 18.2. The highest BCUT2D eigenvalue weighted by Crippen LogP contribution is 2.24. The van der Waals surface area contributed by atoms with Gasteiger partial charge in [-0.05, 0) is 23.3 Å². The van der Waals surface area contributed by atoms with Crippen molar-refractivity contribution in [3.63, 3.8) is 0 Å². The second-order valence-electron chi connectivity index (χ2n) is 8.06. The van der Waals surface area contributed by atoms with Crippen molar-refractivity contribution in [1.29, 1.82) is 0 Å². The van der Waals surface area contributed by atoms with E-state index in [1.807, 2.05) is 54.6 Å². The Morgan fingerprint density at radius 2 is 1.68 bits per heavy atom. The standard InChI is InChI=1S/C24H28ClN3O3/c1-18(20-7-9-21(25)10-8-20)26-11-13-27(14-12-26)22-15-28(16-23(22)29)24(30)31-17-19-5-3-2-4-6-19/h2-10,22-23,29H,1,11-17H2/t22-,23-/m1/s1. The maximum atomic E-state index is 12.5. The number of ether oxygens (including phenoxy) is 1. The van der Waals surface area contributed by atoms with Gasteiger partial charge in [-0.3, -0.25) is 4.90 Å². The highest BCUT2D eigenvalue weighted by molar-refractivity contribution is 6.30. The number of nitrogens with zero attached hydrogens (tertiary/aromatic N) is 3. The van der Waals surface area contributed by atoms with Crippen molar-refractivity contribution in [3.8, 4) is 0 Å². The molecule has 2 aromatic carbocycles. The topological polar surface area (TPSA) is 56.2 Å². The number of carbonyl (C=O) groups excluding carboxylic acids is 1. The largest absolute Gasteiger partial charge is 0.445 e. The molecule has 2 saturated heterocycles. The van der Waals surface area contributed by atoms with Gasteiger partial charge in [0, 0.05) is 43.4 Å². The van der Waals surface area contributed by atoms with E-state index >= 15 is 0 Å². The maximum absolute atomic E-state index is 12.5. The third kappa shape index (κ3) is 5.21. The lowest BCUT2D eigenvalue weighted by molar-refractivity contribution is 0.0578. The van der Waals surface area contributed by atoms with Crippen LogP contribution in [-0.2, 0) is 11.3 Å². The molecule has 0 saturated carbocycles. The number of amides is 1. The molecule has 1 amide bonds. The molecule has 1 N–H and O–H groups in total. The number of carbonyl (C=O) groups is 1. The third-order valence-corrected chi connectivity index (χ3v) is 6.32. The summed E-state index contributed by atoms with van der Waals surface area (Å²) in [6, 6.07) is 17.2. The van der Waals surface area contributed by atoms with Crippen LogP contribution in [0.2, 0.25) is 5.02 Å². The van der Waals surface area contributed by atoms with Crippen molar-refractivity contribution in [2.24, 2.45) is 0 Å². The van der Waals surface area contributed by atoms with Crippen LogP contribution in [-0.4, -0.2) is 77.3 Å². The molecule has 31 heavy (non-hydrogen) atoms. The first-order chi connectivity index (χ1) is 15.0. The van der Waals surface area contributed by atoms with Crippen LogP contribution < -0.4 is 0 Å². The highest BCUT2D eigenvalue weighted by atomic mass is 35.5. The van der Waals surface area contributed by atoms with Gasteiger partial charge in [0.15, 0.2) is 0 Å². The molecule has 7 heteroatoms. The molecular formula is C24H28ClN3O3. The minimum atomic E-state index is -0.574. The number of hydrogen-bond acceptors (Lipinski definition) is 5. The summed E-state index contributed by atoms with van der Waals surface area (Å²) in [6.07, 6.45) is -0.949. The summed E-state index contributed by atoms with van der Waals surface area (Å²) in [5.41, 5.74) is 2.99. The van der Waals surface area contributed by atoms with Crippen molar-refractivity contribution >= 4 is 23.4 Å². The molecule has 2 heterocycles. The molecule has 0 spiro atoms. The molecule has 2 aliphatic heterocycles. The summed E-state index contributed by atoms with van der Waals surface area (Å²) in [5, 5.41) is 11.3. The number of rotatable bonds is 5. The normalized spacial score (nSPS) is 21.9. The van der Waals surface area contributed by atoms with Crippen LogP contribution >= 0.6 is 11.6 Å². The van der Waals surface area contributed by atoms with Gasteiger partial charge in [-0.15, -0.1) is 0 Å². The fourth-order valence-corrected chi connectivity index (χ4v) is 4.36. The Bertz CT molecular complexity index is 898. The average molecular weight is 442 g/mol. The van der Waals surface area contributed by atoms with E-state index in [9.17, 15) is 9.90 Å². The molecule has 0 aliphatic carbocycles. The smallest absolute Gasteiger partial charge is 0.410 e. The van der Waals surface area contributed by atoms with Gasteiger partial charge in [0.25, 0.3) is 0 Å². The van der Waals surface area contributed by atoms with E-state index in [4.69, 9.17) is 16.3 Å². The first-order valence-electron chi connectivity index (χ1n) is 10.6. The lowest BCUT2D eigenvalue weighted by atomic mass is 10.1. The number of hydrogen-bond donors (Lipinski definition) is 1. The van der Waals surface area contributed by atoms with Crippen molar-refractivity contribution in [1.82, 2.24) is 14.7 Å². The van der Waals surface area contributed by atoms with E-state index in [0.29, 0.717) is 18.1 Å². The second kappa shape index (κ2) is 9.73. The van der Waals surface area contributed by atoms with Gasteiger partial charge in [-0.2, -0.15) is 0 Å². The Morgan fingerprint density at radius 1 is 1.00 bits per heavy atom. The molecule has 0 unspecified atom stereocenters. The Morgan fingerprint density at radius 3 is 2.35 bits per heavy atom. The average Bonchev–Trinajstić information content (AvgIpc) is 3.20. The molecule has 4 rings (SSSR count). The van der Waals surface area contributed by atoms with Gasteiger partial charge in [0.1, 0.15) is 6.61 Å². The van der Waals surface area contributed by atoms with E-state index < -0.39 is 6.10 Å². The van der Waals surface area contributed by atoms with Crippen molar-refractivity contribution in [3.05, 3.63) is 77.3 Å². The van der Waals surface area contributed by atoms with Gasteiger partial charge in [-0.1, -0.05) is 60.6 Å².